The van der Waals surface area contributed by atoms with Crippen LogP contribution in [0.25, 0.3) is 4.48 Å². The Morgan fingerprint density at radius 3 is 2.81 bits per heavy atom. The molecule has 2 rings (SSSR count). The van der Waals surface area contributed by atoms with Crippen LogP contribution < -0.4 is 4.74 Å². The Labute approximate surface area is 102 Å². The monoisotopic (exact) mass is 282 g/mol. The Kier molecular flexibility index (Phi) is 3.01. The molecule has 0 aliphatic heterocycles. The fraction of sp³-hybridized carbons (Fsp3) is 0.250. The van der Waals surface area contributed by atoms with E-state index in [0.29, 0.717) is 22.9 Å². The van der Waals surface area contributed by atoms with Gasteiger partial charge < -0.3 is 9.84 Å². The minimum absolute atomic E-state index is 0.431. The van der Waals surface area contributed by atoms with E-state index < -0.39 is 5.97 Å². The fourth-order valence-electron chi connectivity index (χ4n) is 1.94. The molecule has 0 atom stereocenters. The number of ether oxygens (including phenoxy) is 1. The first-order chi connectivity index (χ1) is 7.65. The minimum atomic E-state index is -0.861. The summed E-state index contributed by atoms with van der Waals surface area (Å²) in [5, 5.41) is 9.04. The maximum absolute atomic E-state index is 11.0. The summed E-state index contributed by atoms with van der Waals surface area (Å²) in [6, 6.07) is 5.67. The zero-order valence-electron chi connectivity index (χ0n) is 8.79. The lowest BCUT2D eigenvalue weighted by Crippen LogP contribution is -2.10. The number of hydrogen-bond donors (Lipinski definition) is 1. The SMILES string of the molecule is COc1cccc2c1CCC(C(=O)O)=C2Br. The summed E-state index contributed by atoms with van der Waals surface area (Å²) in [6.45, 7) is 0. The predicted molar refractivity (Wildman–Crippen MR) is 64.8 cm³/mol. The molecule has 0 bridgehead atoms. The molecule has 84 valence electrons. The number of carboxylic acid groups (broad SMARTS) is 1. The van der Waals surface area contributed by atoms with E-state index in [1.54, 1.807) is 7.11 Å². The number of fused-ring (bicyclic) bond motifs is 1. The number of aliphatic carboxylic acids is 1. The van der Waals surface area contributed by atoms with Crippen molar-refractivity contribution in [2.24, 2.45) is 0 Å². The number of rotatable bonds is 2. The van der Waals surface area contributed by atoms with Gasteiger partial charge in [-0.1, -0.05) is 12.1 Å². The molecular formula is C12H11BrO3. The quantitative estimate of drug-likeness (QED) is 0.907. The Morgan fingerprint density at radius 1 is 1.44 bits per heavy atom. The molecule has 0 amide bonds. The van der Waals surface area contributed by atoms with E-state index in [-0.39, 0.29) is 0 Å². The summed E-state index contributed by atoms with van der Waals surface area (Å²) in [5.41, 5.74) is 2.42. The number of hydrogen-bond acceptors (Lipinski definition) is 2. The van der Waals surface area contributed by atoms with Crippen LogP contribution in [-0.4, -0.2) is 18.2 Å². The first-order valence-electron chi connectivity index (χ1n) is 4.93. The highest BCUT2D eigenvalue weighted by Gasteiger charge is 2.23. The zero-order chi connectivity index (χ0) is 11.7. The van der Waals surface area contributed by atoms with Gasteiger partial charge in [0, 0.05) is 10.0 Å². The molecule has 4 heteroatoms. The van der Waals surface area contributed by atoms with Gasteiger partial charge in [-0.2, -0.15) is 0 Å². The Morgan fingerprint density at radius 2 is 2.19 bits per heavy atom. The van der Waals surface area contributed by atoms with Crippen LogP contribution in [0, 0.1) is 0 Å². The molecule has 3 nitrogen and oxygen atoms in total. The molecule has 1 N–H and O–H groups in total. The number of methoxy groups -OCH3 is 1. The van der Waals surface area contributed by atoms with Crippen molar-refractivity contribution in [3.63, 3.8) is 0 Å². The fourth-order valence-corrected chi connectivity index (χ4v) is 2.68. The highest BCUT2D eigenvalue weighted by atomic mass is 79.9. The molecule has 0 saturated carbocycles. The average Bonchev–Trinajstić information content (AvgIpc) is 2.28. The van der Waals surface area contributed by atoms with Crippen LogP contribution >= 0.6 is 15.9 Å². The van der Waals surface area contributed by atoms with Gasteiger partial charge in [-0.15, -0.1) is 0 Å². The summed E-state index contributed by atoms with van der Waals surface area (Å²) in [4.78, 5) is 11.0. The molecule has 1 aliphatic rings. The van der Waals surface area contributed by atoms with Crippen LogP contribution in [-0.2, 0) is 11.2 Å². The molecule has 1 aliphatic carbocycles. The summed E-state index contributed by atoms with van der Waals surface area (Å²) < 4.78 is 5.93. The highest BCUT2D eigenvalue weighted by Crippen LogP contribution is 2.39. The molecule has 0 saturated heterocycles. The van der Waals surface area contributed by atoms with Gasteiger partial charge in [0.05, 0.1) is 12.7 Å². The predicted octanol–water partition coefficient (Wildman–Crippen LogP) is 2.83. The molecule has 16 heavy (non-hydrogen) atoms. The Hall–Kier alpha value is -1.29. The van der Waals surface area contributed by atoms with Crippen molar-refractivity contribution < 1.29 is 14.6 Å². The lowest BCUT2D eigenvalue weighted by atomic mass is 9.91. The number of halogens is 1. The van der Waals surface area contributed by atoms with E-state index in [2.05, 4.69) is 15.9 Å². The van der Waals surface area contributed by atoms with E-state index in [1.165, 1.54) is 0 Å². The van der Waals surface area contributed by atoms with Crippen LogP contribution in [0.15, 0.2) is 23.8 Å². The van der Waals surface area contributed by atoms with Crippen LogP contribution in [0.4, 0.5) is 0 Å². The smallest absolute Gasteiger partial charge is 0.332 e. The average molecular weight is 283 g/mol. The normalized spacial score (nSPS) is 14.6. The van der Waals surface area contributed by atoms with Crippen molar-refractivity contribution in [2.45, 2.75) is 12.8 Å². The Bertz CT molecular complexity index is 477. The van der Waals surface area contributed by atoms with Crippen molar-refractivity contribution in [1.82, 2.24) is 0 Å². The van der Waals surface area contributed by atoms with E-state index in [0.717, 1.165) is 16.9 Å². The maximum Gasteiger partial charge on any atom is 0.332 e. The second kappa shape index (κ2) is 4.29. The molecular weight excluding hydrogens is 272 g/mol. The lowest BCUT2D eigenvalue weighted by Gasteiger charge is -2.19. The molecule has 0 spiro atoms. The second-order valence-electron chi connectivity index (χ2n) is 3.58. The van der Waals surface area contributed by atoms with Gasteiger partial charge in [0.1, 0.15) is 5.75 Å². The van der Waals surface area contributed by atoms with Gasteiger partial charge >= 0.3 is 5.97 Å². The third-order valence-electron chi connectivity index (χ3n) is 2.74. The molecule has 0 heterocycles. The van der Waals surface area contributed by atoms with Gasteiger partial charge in [-0.25, -0.2) is 4.79 Å². The number of benzene rings is 1. The molecule has 0 radical (unpaired) electrons. The summed E-state index contributed by atoms with van der Waals surface area (Å²) >= 11 is 3.36. The zero-order valence-corrected chi connectivity index (χ0v) is 10.4. The van der Waals surface area contributed by atoms with Gasteiger partial charge in [-0.05, 0) is 40.4 Å². The minimum Gasteiger partial charge on any atom is -0.496 e. The molecule has 0 fully saturated rings. The van der Waals surface area contributed by atoms with Gasteiger partial charge in [-0.3, -0.25) is 0 Å². The summed E-state index contributed by atoms with van der Waals surface area (Å²) in [5.74, 6) is -0.0424. The summed E-state index contributed by atoms with van der Waals surface area (Å²) in [6.07, 6.45) is 1.24. The van der Waals surface area contributed by atoms with Gasteiger partial charge in [0.25, 0.3) is 0 Å². The van der Waals surface area contributed by atoms with Crippen LogP contribution in [0.2, 0.25) is 0 Å². The van der Waals surface area contributed by atoms with E-state index in [9.17, 15) is 4.79 Å². The van der Waals surface area contributed by atoms with Crippen LogP contribution in [0.5, 0.6) is 5.75 Å². The van der Waals surface area contributed by atoms with E-state index in [1.807, 2.05) is 18.2 Å². The standard InChI is InChI=1S/C12H11BrO3/c1-16-10-4-2-3-8-7(10)5-6-9(11(8)13)12(14)15/h2-4H,5-6H2,1H3,(H,14,15). The molecule has 0 aromatic heterocycles. The maximum atomic E-state index is 11.0. The molecule has 1 aromatic rings. The highest BCUT2D eigenvalue weighted by molar-refractivity contribution is 9.15. The molecule has 1 aromatic carbocycles. The Balaban J connectivity index is 2.59. The lowest BCUT2D eigenvalue weighted by molar-refractivity contribution is -0.132. The van der Waals surface area contributed by atoms with Crippen molar-refractivity contribution >= 4 is 26.4 Å². The van der Waals surface area contributed by atoms with Crippen molar-refractivity contribution in [2.75, 3.05) is 7.11 Å². The largest absolute Gasteiger partial charge is 0.496 e. The number of carboxylic acids is 1. The topological polar surface area (TPSA) is 46.5 Å². The van der Waals surface area contributed by atoms with Gasteiger partial charge in [0.2, 0.25) is 0 Å². The number of carbonyl (C=O) groups is 1. The third kappa shape index (κ3) is 1.73. The molecule has 0 unspecified atom stereocenters. The second-order valence-corrected chi connectivity index (χ2v) is 4.38. The van der Waals surface area contributed by atoms with Gasteiger partial charge in [0.15, 0.2) is 0 Å². The van der Waals surface area contributed by atoms with Crippen molar-refractivity contribution in [3.8, 4) is 5.75 Å². The van der Waals surface area contributed by atoms with Crippen molar-refractivity contribution in [1.29, 1.82) is 0 Å². The third-order valence-corrected chi connectivity index (χ3v) is 3.64. The van der Waals surface area contributed by atoms with Crippen LogP contribution in [0.1, 0.15) is 17.5 Å². The first-order valence-corrected chi connectivity index (χ1v) is 5.72. The van der Waals surface area contributed by atoms with Crippen molar-refractivity contribution in [3.05, 3.63) is 34.9 Å². The summed E-state index contributed by atoms with van der Waals surface area (Å²) in [7, 11) is 1.62. The van der Waals surface area contributed by atoms with Crippen LogP contribution in [0.3, 0.4) is 0 Å². The first kappa shape index (κ1) is 11.2. The van der Waals surface area contributed by atoms with E-state index >= 15 is 0 Å². The van der Waals surface area contributed by atoms with E-state index in [4.69, 9.17) is 9.84 Å².